The molecule has 0 atom stereocenters. The van der Waals surface area contributed by atoms with Crippen molar-refractivity contribution in [2.75, 3.05) is 50.2 Å². The lowest BCUT2D eigenvalue weighted by Crippen LogP contribution is -2.37. The summed E-state index contributed by atoms with van der Waals surface area (Å²) in [5.41, 5.74) is 2.17. The van der Waals surface area contributed by atoms with Gasteiger partial charge in [0, 0.05) is 24.3 Å². The average molecular weight is 384 g/mol. The van der Waals surface area contributed by atoms with Crippen molar-refractivity contribution >= 4 is 23.3 Å². The molecule has 0 aliphatic carbocycles. The molecule has 1 heterocycles. The molecular weight excluding hydrogens is 360 g/mol. The molecule has 1 amide bonds. The summed E-state index contributed by atoms with van der Waals surface area (Å²) in [4.78, 5) is 27.0. The lowest BCUT2D eigenvalue weighted by Gasteiger charge is -2.30. The van der Waals surface area contributed by atoms with E-state index in [9.17, 15) is 9.59 Å². The number of anilines is 2. The minimum Gasteiger partial charge on any atom is -0.494 e. The van der Waals surface area contributed by atoms with Gasteiger partial charge in [0.1, 0.15) is 5.75 Å². The van der Waals surface area contributed by atoms with Crippen molar-refractivity contribution < 1.29 is 23.8 Å². The first-order valence-corrected chi connectivity index (χ1v) is 9.21. The predicted octanol–water partition coefficient (Wildman–Crippen LogP) is 2.96. The summed E-state index contributed by atoms with van der Waals surface area (Å²) in [7, 11) is 1.34. The molecule has 7 heteroatoms. The van der Waals surface area contributed by atoms with Crippen LogP contribution in [0, 0.1) is 0 Å². The fourth-order valence-electron chi connectivity index (χ4n) is 3.06. The van der Waals surface area contributed by atoms with Gasteiger partial charge in [-0.05, 0) is 43.3 Å². The standard InChI is InChI=1S/C21H24N2O5/c1-3-28-17-6-4-5-15(13-17)20(24)22-16-7-8-19(18(14-16)21(25)26-2)23-9-11-27-12-10-23/h4-8,13-14H,3,9-12H2,1-2H3,(H,22,24). The van der Waals surface area contributed by atoms with E-state index in [1.54, 1.807) is 36.4 Å². The van der Waals surface area contributed by atoms with Crippen LogP contribution in [0.3, 0.4) is 0 Å². The Labute approximate surface area is 164 Å². The molecule has 3 rings (SSSR count). The Balaban J connectivity index is 1.83. The molecule has 2 aromatic carbocycles. The highest BCUT2D eigenvalue weighted by molar-refractivity contribution is 6.05. The molecule has 0 spiro atoms. The van der Waals surface area contributed by atoms with Gasteiger partial charge >= 0.3 is 5.97 Å². The molecule has 0 unspecified atom stereocenters. The normalized spacial score (nSPS) is 13.7. The second kappa shape index (κ2) is 9.23. The van der Waals surface area contributed by atoms with Gasteiger partial charge in [-0.3, -0.25) is 4.79 Å². The van der Waals surface area contributed by atoms with Gasteiger partial charge < -0.3 is 24.4 Å². The van der Waals surface area contributed by atoms with E-state index in [4.69, 9.17) is 14.2 Å². The Morgan fingerprint density at radius 3 is 2.64 bits per heavy atom. The van der Waals surface area contributed by atoms with Crippen molar-refractivity contribution in [3.05, 3.63) is 53.6 Å². The van der Waals surface area contributed by atoms with Gasteiger partial charge in [-0.25, -0.2) is 4.79 Å². The molecule has 0 saturated carbocycles. The number of morpholine rings is 1. The predicted molar refractivity (Wildman–Crippen MR) is 106 cm³/mol. The Hall–Kier alpha value is -3.06. The highest BCUT2D eigenvalue weighted by Crippen LogP contribution is 2.26. The van der Waals surface area contributed by atoms with E-state index in [-0.39, 0.29) is 5.91 Å². The van der Waals surface area contributed by atoms with Crippen molar-refractivity contribution in [1.29, 1.82) is 0 Å². The second-order valence-corrected chi connectivity index (χ2v) is 6.24. The van der Waals surface area contributed by atoms with Crippen molar-refractivity contribution in [2.24, 2.45) is 0 Å². The first kappa shape index (κ1) is 19.7. The average Bonchev–Trinajstić information content (AvgIpc) is 2.74. The van der Waals surface area contributed by atoms with Gasteiger partial charge in [-0.2, -0.15) is 0 Å². The number of carbonyl (C=O) groups excluding carboxylic acids is 2. The number of hydrogen-bond donors (Lipinski definition) is 1. The maximum absolute atomic E-state index is 12.6. The summed E-state index contributed by atoms with van der Waals surface area (Å²) in [5, 5.41) is 2.83. The first-order valence-electron chi connectivity index (χ1n) is 9.21. The number of hydrogen-bond acceptors (Lipinski definition) is 6. The number of amides is 1. The number of nitrogens with zero attached hydrogens (tertiary/aromatic N) is 1. The Morgan fingerprint density at radius 1 is 1.14 bits per heavy atom. The van der Waals surface area contributed by atoms with E-state index >= 15 is 0 Å². The smallest absolute Gasteiger partial charge is 0.340 e. The third-order valence-electron chi connectivity index (χ3n) is 4.42. The van der Waals surface area contributed by atoms with E-state index < -0.39 is 5.97 Å². The quantitative estimate of drug-likeness (QED) is 0.772. The molecule has 0 bridgehead atoms. The topological polar surface area (TPSA) is 77.1 Å². The summed E-state index contributed by atoms with van der Waals surface area (Å²) in [6.07, 6.45) is 0. The number of esters is 1. The molecule has 0 radical (unpaired) electrons. The third kappa shape index (κ3) is 4.61. The number of ether oxygens (including phenoxy) is 3. The fraction of sp³-hybridized carbons (Fsp3) is 0.333. The lowest BCUT2D eigenvalue weighted by molar-refractivity contribution is 0.0600. The first-order chi connectivity index (χ1) is 13.6. The van der Waals surface area contributed by atoms with Crippen LogP contribution in [-0.4, -0.2) is 51.9 Å². The van der Waals surface area contributed by atoms with Gasteiger partial charge in [0.15, 0.2) is 0 Å². The van der Waals surface area contributed by atoms with Crippen LogP contribution >= 0.6 is 0 Å². The summed E-state index contributed by atoms with van der Waals surface area (Å²) < 4.78 is 15.7. The molecule has 1 fully saturated rings. The van der Waals surface area contributed by atoms with E-state index in [1.165, 1.54) is 7.11 Å². The van der Waals surface area contributed by atoms with Gasteiger partial charge in [0.2, 0.25) is 0 Å². The van der Waals surface area contributed by atoms with Crippen LogP contribution in [0.15, 0.2) is 42.5 Å². The number of benzene rings is 2. The SMILES string of the molecule is CCOc1cccc(C(=O)Nc2ccc(N3CCOCC3)c(C(=O)OC)c2)c1. The molecule has 1 aliphatic rings. The van der Waals surface area contributed by atoms with Crippen LogP contribution in [0.1, 0.15) is 27.6 Å². The molecule has 1 aliphatic heterocycles. The number of rotatable bonds is 6. The molecular formula is C21H24N2O5. The van der Waals surface area contributed by atoms with Gasteiger partial charge in [0.25, 0.3) is 5.91 Å². The minimum atomic E-state index is -0.448. The van der Waals surface area contributed by atoms with E-state index in [1.807, 2.05) is 13.0 Å². The van der Waals surface area contributed by atoms with Crippen molar-refractivity contribution in [1.82, 2.24) is 0 Å². The van der Waals surface area contributed by atoms with Crippen molar-refractivity contribution in [3.63, 3.8) is 0 Å². The van der Waals surface area contributed by atoms with Crippen LogP contribution in [0.4, 0.5) is 11.4 Å². The van der Waals surface area contributed by atoms with Gasteiger partial charge in [-0.1, -0.05) is 6.07 Å². The maximum Gasteiger partial charge on any atom is 0.340 e. The number of carbonyl (C=O) groups is 2. The molecule has 0 aromatic heterocycles. The monoisotopic (exact) mass is 384 g/mol. The van der Waals surface area contributed by atoms with Gasteiger partial charge in [0.05, 0.1) is 38.2 Å². The van der Waals surface area contributed by atoms with E-state index in [0.717, 1.165) is 5.69 Å². The Morgan fingerprint density at radius 2 is 1.93 bits per heavy atom. The Kier molecular flexibility index (Phi) is 6.49. The molecule has 1 N–H and O–H groups in total. The molecule has 1 saturated heterocycles. The molecule has 148 valence electrons. The lowest BCUT2D eigenvalue weighted by atomic mass is 10.1. The van der Waals surface area contributed by atoms with Gasteiger partial charge in [-0.15, -0.1) is 0 Å². The zero-order valence-electron chi connectivity index (χ0n) is 16.1. The van der Waals surface area contributed by atoms with Crippen LogP contribution < -0.4 is 15.0 Å². The molecule has 28 heavy (non-hydrogen) atoms. The second-order valence-electron chi connectivity index (χ2n) is 6.24. The summed E-state index contributed by atoms with van der Waals surface area (Å²) in [5.74, 6) is -0.0968. The maximum atomic E-state index is 12.6. The van der Waals surface area contributed by atoms with Crippen LogP contribution in [0.2, 0.25) is 0 Å². The minimum absolute atomic E-state index is 0.281. The summed E-state index contributed by atoms with van der Waals surface area (Å²) >= 11 is 0. The number of methoxy groups -OCH3 is 1. The highest BCUT2D eigenvalue weighted by Gasteiger charge is 2.20. The summed E-state index contributed by atoms with van der Waals surface area (Å²) in [6.45, 7) is 5.01. The largest absolute Gasteiger partial charge is 0.494 e. The third-order valence-corrected chi connectivity index (χ3v) is 4.42. The van der Waals surface area contributed by atoms with Crippen LogP contribution in [-0.2, 0) is 9.47 Å². The van der Waals surface area contributed by atoms with Crippen LogP contribution in [0.25, 0.3) is 0 Å². The van der Waals surface area contributed by atoms with Crippen LogP contribution in [0.5, 0.6) is 5.75 Å². The van der Waals surface area contributed by atoms with Crippen molar-refractivity contribution in [2.45, 2.75) is 6.92 Å². The zero-order chi connectivity index (χ0) is 19.9. The Bertz CT molecular complexity index is 846. The molecule has 2 aromatic rings. The molecule has 7 nitrogen and oxygen atoms in total. The summed E-state index contributed by atoms with van der Waals surface area (Å²) in [6, 6.07) is 12.2. The fourth-order valence-corrected chi connectivity index (χ4v) is 3.06. The zero-order valence-corrected chi connectivity index (χ0v) is 16.1. The van der Waals surface area contributed by atoms with E-state index in [0.29, 0.717) is 55.5 Å². The number of nitrogens with one attached hydrogen (secondary N) is 1. The van der Waals surface area contributed by atoms with Crippen molar-refractivity contribution in [3.8, 4) is 5.75 Å². The van der Waals surface area contributed by atoms with E-state index in [2.05, 4.69) is 10.2 Å². The highest BCUT2D eigenvalue weighted by atomic mass is 16.5.